The molecule has 0 spiro atoms. The number of nitrogen functional groups attached to an aromatic ring is 1. The molecule has 0 atom stereocenters. The quantitative estimate of drug-likeness (QED) is 0.774. The third kappa shape index (κ3) is 3.70. The van der Waals surface area contributed by atoms with E-state index in [1.54, 1.807) is 17.0 Å². The lowest BCUT2D eigenvalue weighted by atomic mass is 10.1. The van der Waals surface area contributed by atoms with Crippen molar-refractivity contribution < 1.29 is 9.90 Å². The summed E-state index contributed by atoms with van der Waals surface area (Å²) in [6.07, 6.45) is 1.77. The number of carbonyl (C=O) groups excluding carboxylic acids is 1. The highest BCUT2D eigenvalue weighted by Crippen LogP contribution is 2.17. The molecule has 0 aromatic heterocycles. The molecule has 1 aromatic rings. The number of aliphatic hydroxyl groups is 1. The highest BCUT2D eigenvalue weighted by molar-refractivity contribution is 5.95. The number of aliphatic hydroxyl groups excluding tert-OH is 1. The van der Waals surface area contributed by atoms with Gasteiger partial charge in [0, 0.05) is 23.8 Å². The van der Waals surface area contributed by atoms with Gasteiger partial charge in [0.05, 0.1) is 6.61 Å². The van der Waals surface area contributed by atoms with Crippen molar-refractivity contribution in [3.8, 4) is 0 Å². The zero-order valence-corrected chi connectivity index (χ0v) is 12.0. The molecule has 0 saturated carbocycles. The molecule has 3 N–H and O–H groups in total. The lowest BCUT2D eigenvalue weighted by molar-refractivity contribution is 0.0622. The number of hydrogen-bond donors (Lipinski definition) is 2. The van der Waals surface area contributed by atoms with E-state index in [9.17, 15) is 4.79 Å². The fraction of sp³-hybridized carbons (Fsp3) is 0.533. The van der Waals surface area contributed by atoms with Gasteiger partial charge in [0.15, 0.2) is 0 Å². The molecule has 0 aliphatic heterocycles. The van der Waals surface area contributed by atoms with Crippen LogP contribution in [0.4, 0.5) is 5.69 Å². The van der Waals surface area contributed by atoms with E-state index in [0.717, 1.165) is 18.4 Å². The summed E-state index contributed by atoms with van der Waals surface area (Å²) in [5.41, 5.74) is 7.99. The van der Waals surface area contributed by atoms with Crippen molar-refractivity contribution in [1.29, 1.82) is 0 Å². The summed E-state index contributed by atoms with van der Waals surface area (Å²) in [7, 11) is 0. The van der Waals surface area contributed by atoms with Gasteiger partial charge in [-0.3, -0.25) is 4.79 Å². The molecule has 0 aliphatic rings. The van der Waals surface area contributed by atoms with Gasteiger partial charge in [-0.15, -0.1) is 0 Å². The number of nitrogens with two attached hydrogens (primary N) is 1. The summed E-state index contributed by atoms with van der Waals surface area (Å²) in [6, 6.07) is 5.48. The number of carbonyl (C=O) groups is 1. The van der Waals surface area contributed by atoms with Crippen LogP contribution >= 0.6 is 0 Å². The Hall–Kier alpha value is -1.55. The number of amides is 1. The van der Waals surface area contributed by atoms with E-state index in [1.807, 2.05) is 13.0 Å². The van der Waals surface area contributed by atoms with Crippen LogP contribution in [0, 0.1) is 6.92 Å². The Kier molecular flexibility index (Phi) is 5.83. The zero-order chi connectivity index (χ0) is 14.4. The van der Waals surface area contributed by atoms with E-state index in [4.69, 9.17) is 10.8 Å². The number of hydrogen-bond acceptors (Lipinski definition) is 3. The fourth-order valence-electron chi connectivity index (χ4n) is 2.26. The summed E-state index contributed by atoms with van der Waals surface area (Å²) in [6.45, 7) is 6.35. The Bertz CT molecular complexity index is 428. The smallest absolute Gasteiger partial charge is 0.254 e. The highest BCUT2D eigenvalue weighted by atomic mass is 16.3. The Morgan fingerprint density at radius 3 is 2.47 bits per heavy atom. The first-order valence-electron chi connectivity index (χ1n) is 6.83. The van der Waals surface area contributed by atoms with Crippen LogP contribution in [0.3, 0.4) is 0 Å². The van der Waals surface area contributed by atoms with Gasteiger partial charge < -0.3 is 15.7 Å². The average molecular weight is 264 g/mol. The topological polar surface area (TPSA) is 66.6 Å². The Labute approximate surface area is 115 Å². The third-order valence-corrected chi connectivity index (χ3v) is 3.50. The molecule has 0 radical (unpaired) electrons. The predicted octanol–water partition coefficient (Wildman–Crippen LogP) is 2.20. The molecule has 0 bridgehead atoms. The number of anilines is 1. The van der Waals surface area contributed by atoms with Crippen molar-refractivity contribution >= 4 is 11.6 Å². The van der Waals surface area contributed by atoms with Crippen LogP contribution < -0.4 is 5.73 Å². The second kappa shape index (κ2) is 7.14. The fourth-order valence-corrected chi connectivity index (χ4v) is 2.26. The predicted molar refractivity (Wildman–Crippen MR) is 78.1 cm³/mol. The van der Waals surface area contributed by atoms with Gasteiger partial charge in [0.2, 0.25) is 0 Å². The maximum absolute atomic E-state index is 12.5. The summed E-state index contributed by atoms with van der Waals surface area (Å²) in [5.74, 6) is -0.0362. The van der Waals surface area contributed by atoms with Crippen molar-refractivity contribution in [2.75, 3.05) is 18.9 Å². The third-order valence-electron chi connectivity index (χ3n) is 3.50. The highest BCUT2D eigenvalue weighted by Gasteiger charge is 2.22. The van der Waals surface area contributed by atoms with E-state index < -0.39 is 0 Å². The Morgan fingerprint density at radius 1 is 1.37 bits per heavy atom. The second-order valence-electron chi connectivity index (χ2n) is 4.76. The van der Waals surface area contributed by atoms with Crippen molar-refractivity contribution in [3.05, 3.63) is 29.3 Å². The van der Waals surface area contributed by atoms with Gasteiger partial charge in [0.1, 0.15) is 0 Å². The molecule has 1 rings (SSSR count). The van der Waals surface area contributed by atoms with E-state index in [-0.39, 0.29) is 18.6 Å². The maximum Gasteiger partial charge on any atom is 0.254 e. The van der Waals surface area contributed by atoms with Gasteiger partial charge in [-0.2, -0.15) is 0 Å². The van der Waals surface area contributed by atoms with Gasteiger partial charge >= 0.3 is 0 Å². The van der Waals surface area contributed by atoms with Crippen molar-refractivity contribution in [3.63, 3.8) is 0 Å². The van der Waals surface area contributed by atoms with Crippen LogP contribution in [-0.4, -0.2) is 35.1 Å². The monoisotopic (exact) mass is 264 g/mol. The van der Waals surface area contributed by atoms with Crippen molar-refractivity contribution in [2.45, 2.75) is 39.7 Å². The summed E-state index contributed by atoms with van der Waals surface area (Å²) < 4.78 is 0. The average Bonchev–Trinajstić information content (AvgIpc) is 2.41. The molecule has 1 amide bonds. The molecule has 0 unspecified atom stereocenters. The maximum atomic E-state index is 12.5. The SMILES string of the molecule is CCC(CC)N(CCO)C(=O)c1ccc(N)c(C)c1. The standard InChI is InChI=1S/C15H24N2O2/c1-4-13(5-2)17(8-9-18)15(19)12-6-7-14(16)11(3)10-12/h6-7,10,13,18H,4-5,8-9,16H2,1-3H3. The van der Waals surface area contributed by atoms with E-state index in [0.29, 0.717) is 17.8 Å². The minimum absolute atomic E-state index is 0.0177. The summed E-state index contributed by atoms with van der Waals surface area (Å²) in [4.78, 5) is 14.3. The second-order valence-corrected chi connectivity index (χ2v) is 4.76. The largest absolute Gasteiger partial charge is 0.399 e. The van der Waals surface area contributed by atoms with Crippen LogP contribution in [0.5, 0.6) is 0 Å². The minimum atomic E-state index is -0.0362. The van der Waals surface area contributed by atoms with Crippen LogP contribution in [-0.2, 0) is 0 Å². The van der Waals surface area contributed by atoms with E-state index >= 15 is 0 Å². The van der Waals surface area contributed by atoms with Crippen molar-refractivity contribution in [2.24, 2.45) is 0 Å². The van der Waals surface area contributed by atoms with Gasteiger partial charge in [-0.1, -0.05) is 13.8 Å². The number of rotatable bonds is 6. The molecular weight excluding hydrogens is 240 g/mol. The lowest BCUT2D eigenvalue weighted by Crippen LogP contribution is -2.41. The normalized spacial score (nSPS) is 10.8. The molecule has 0 saturated heterocycles. The van der Waals surface area contributed by atoms with Gasteiger partial charge in [-0.25, -0.2) is 0 Å². The first kappa shape index (κ1) is 15.5. The van der Waals surface area contributed by atoms with Crippen molar-refractivity contribution in [1.82, 2.24) is 4.90 Å². The minimum Gasteiger partial charge on any atom is -0.399 e. The molecule has 0 fully saturated rings. The Morgan fingerprint density at radius 2 is 2.00 bits per heavy atom. The van der Waals surface area contributed by atoms with Crippen LogP contribution in [0.25, 0.3) is 0 Å². The summed E-state index contributed by atoms with van der Waals surface area (Å²) >= 11 is 0. The first-order valence-corrected chi connectivity index (χ1v) is 6.83. The first-order chi connectivity index (χ1) is 9.04. The van der Waals surface area contributed by atoms with Gasteiger partial charge in [-0.05, 0) is 43.5 Å². The zero-order valence-electron chi connectivity index (χ0n) is 12.0. The molecule has 4 nitrogen and oxygen atoms in total. The lowest BCUT2D eigenvalue weighted by Gasteiger charge is -2.30. The molecule has 4 heteroatoms. The molecule has 1 aromatic carbocycles. The number of nitrogens with zero attached hydrogens (tertiary/aromatic N) is 1. The van der Waals surface area contributed by atoms with Crippen LogP contribution in [0.2, 0.25) is 0 Å². The molecule has 19 heavy (non-hydrogen) atoms. The van der Waals surface area contributed by atoms with Crippen LogP contribution in [0.1, 0.15) is 42.6 Å². The molecule has 106 valence electrons. The number of aryl methyl sites for hydroxylation is 1. The van der Waals surface area contributed by atoms with Crippen LogP contribution in [0.15, 0.2) is 18.2 Å². The number of benzene rings is 1. The molecular formula is C15H24N2O2. The molecule has 0 heterocycles. The van der Waals surface area contributed by atoms with E-state index in [2.05, 4.69) is 13.8 Å². The Balaban J connectivity index is 3.01. The van der Waals surface area contributed by atoms with E-state index in [1.165, 1.54) is 0 Å². The summed E-state index contributed by atoms with van der Waals surface area (Å²) in [5, 5.41) is 9.16. The van der Waals surface area contributed by atoms with Gasteiger partial charge in [0.25, 0.3) is 5.91 Å². The molecule has 0 aliphatic carbocycles.